The number of hydrogen-bond acceptors (Lipinski definition) is 6. The third-order valence-corrected chi connectivity index (χ3v) is 6.85. The summed E-state index contributed by atoms with van der Waals surface area (Å²) in [4.78, 5) is 37.1. The Morgan fingerprint density at radius 2 is 1.74 bits per heavy atom. The van der Waals surface area contributed by atoms with Crippen LogP contribution >= 0.6 is 0 Å². The predicted molar refractivity (Wildman–Crippen MR) is 151 cm³/mol. The molecule has 8 heteroatoms. The Hall–Kier alpha value is -3.81. The van der Waals surface area contributed by atoms with Gasteiger partial charge in [0.05, 0.1) is 25.7 Å². The average molecular weight is 537 g/mol. The number of ether oxygens (including phenoxy) is 3. The summed E-state index contributed by atoms with van der Waals surface area (Å²) < 4.78 is 18.4. The number of nitrogens with one attached hydrogen (secondary N) is 1. The molecule has 0 saturated carbocycles. The highest BCUT2D eigenvalue weighted by Gasteiger charge is 2.31. The van der Waals surface area contributed by atoms with Crippen LogP contribution in [-0.4, -0.2) is 43.2 Å². The van der Waals surface area contributed by atoms with E-state index in [1.165, 1.54) is 14.0 Å². The van der Waals surface area contributed by atoms with Crippen LogP contribution in [0.3, 0.4) is 0 Å². The number of aryl methyl sites for hydroxylation is 1. The van der Waals surface area contributed by atoms with E-state index >= 15 is 0 Å². The van der Waals surface area contributed by atoms with Crippen LogP contribution in [0.25, 0.3) is 10.9 Å². The monoisotopic (exact) mass is 536 g/mol. The van der Waals surface area contributed by atoms with Crippen LogP contribution in [0.15, 0.2) is 42.6 Å². The first-order valence-corrected chi connectivity index (χ1v) is 13.6. The standard InChI is InChI=1S/C31H40N2O6/c1-7-14-32-30(35)25(9-3)29(39-20(4)34)22-12-13-27-26(17-22)24(19-33(27)15-8-2)16-21-10-11-23(31(36)38-6)18-28(21)37-5/h10-13,17-19,25,29H,7-9,14-16H2,1-6H3,(H,32,35). The van der Waals surface area contributed by atoms with Gasteiger partial charge in [0, 0.05) is 43.5 Å². The Morgan fingerprint density at radius 1 is 0.974 bits per heavy atom. The highest BCUT2D eigenvalue weighted by molar-refractivity contribution is 5.90. The second kappa shape index (κ2) is 13.8. The maximum absolute atomic E-state index is 13.0. The molecule has 0 aliphatic rings. The molecule has 3 rings (SSSR count). The molecule has 0 aliphatic carbocycles. The SMILES string of the molecule is CCCNC(=O)C(CC)C(OC(C)=O)c1ccc2c(c1)c(Cc1ccc(C(=O)OC)cc1OC)cn2CCC. The van der Waals surface area contributed by atoms with E-state index in [1.807, 2.05) is 38.1 Å². The largest absolute Gasteiger partial charge is 0.496 e. The van der Waals surface area contributed by atoms with E-state index in [0.717, 1.165) is 47.0 Å². The molecule has 39 heavy (non-hydrogen) atoms. The molecule has 0 spiro atoms. The number of amides is 1. The summed E-state index contributed by atoms with van der Waals surface area (Å²) in [5, 5.41) is 3.97. The lowest BCUT2D eigenvalue weighted by Crippen LogP contribution is -2.35. The molecule has 1 heterocycles. The molecule has 8 nitrogen and oxygen atoms in total. The van der Waals surface area contributed by atoms with Gasteiger partial charge in [-0.05, 0) is 60.2 Å². The fourth-order valence-electron chi connectivity index (χ4n) is 4.95. The quantitative estimate of drug-likeness (QED) is 0.286. The van der Waals surface area contributed by atoms with Gasteiger partial charge < -0.3 is 24.1 Å². The normalized spacial score (nSPS) is 12.6. The van der Waals surface area contributed by atoms with Gasteiger partial charge in [0.15, 0.2) is 0 Å². The number of aromatic nitrogens is 1. The summed E-state index contributed by atoms with van der Waals surface area (Å²) in [7, 11) is 2.93. The van der Waals surface area contributed by atoms with Crippen molar-refractivity contribution in [2.24, 2.45) is 5.92 Å². The Morgan fingerprint density at radius 3 is 2.36 bits per heavy atom. The van der Waals surface area contributed by atoms with Crippen molar-refractivity contribution in [3.63, 3.8) is 0 Å². The maximum Gasteiger partial charge on any atom is 0.337 e. The number of nitrogens with zero attached hydrogens (tertiary/aromatic N) is 1. The van der Waals surface area contributed by atoms with Gasteiger partial charge in [-0.1, -0.05) is 32.9 Å². The van der Waals surface area contributed by atoms with Crippen LogP contribution in [-0.2, 0) is 32.0 Å². The topological polar surface area (TPSA) is 95.9 Å². The number of methoxy groups -OCH3 is 2. The van der Waals surface area contributed by atoms with Crippen LogP contribution in [0.4, 0.5) is 0 Å². The Kier molecular flexibility index (Phi) is 10.5. The van der Waals surface area contributed by atoms with Crippen molar-refractivity contribution in [1.82, 2.24) is 9.88 Å². The number of esters is 2. The first-order valence-electron chi connectivity index (χ1n) is 13.6. The Balaban J connectivity index is 2.10. The lowest BCUT2D eigenvalue weighted by atomic mass is 9.91. The predicted octanol–water partition coefficient (Wildman–Crippen LogP) is 5.59. The number of carbonyl (C=O) groups excluding carboxylic acids is 3. The maximum atomic E-state index is 13.0. The lowest BCUT2D eigenvalue weighted by molar-refractivity contribution is -0.152. The van der Waals surface area contributed by atoms with E-state index in [2.05, 4.69) is 23.0 Å². The molecule has 2 unspecified atom stereocenters. The smallest absolute Gasteiger partial charge is 0.337 e. The minimum atomic E-state index is -0.704. The van der Waals surface area contributed by atoms with Crippen LogP contribution < -0.4 is 10.1 Å². The van der Waals surface area contributed by atoms with E-state index < -0.39 is 24.0 Å². The van der Waals surface area contributed by atoms with Gasteiger partial charge in [-0.15, -0.1) is 0 Å². The molecule has 0 radical (unpaired) electrons. The number of fused-ring (bicyclic) bond motifs is 1. The van der Waals surface area contributed by atoms with Gasteiger partial charge in [-0.3, -0.25) is 9.59 Å². The van der Waals surface area contributed by atoms with Gasteiger partial charge in [0.1, 0.15) is 11.9 Å². The van der Waals surface area contributed by atoms with Gasteiger partial charge in [0.25, 0.3) is 0 Å². The van der Waals surface area contributed by atoms with E-state index in [9.17, 15) is 14.4 Å². The van der Waals surface area contributed by atoms with Gasteiger partial charge in [-0.25, -0.2) is 4.79 Å². The lowest BCUT2D eigenvalue weighted by Gasteiger charge is -2.26. The van der Waals surface area contributed by atoms with Crippen LogP contribution in [0, 0.1) is 5.92 Å². The Labute approximate surface area is 230 Å². The first-order chi connectivity index (χ1) is 18.8. The fourth-order valence-corrected chi connectivity index (χ4v) is 4.95. The van der Waals surface area contributed by atoms with Crippen LogP contribution in [0.5, 0.6) is 5.75 Å². The highest BCUT2D eigenvalue weighted by atomic mass is 16.5. The van der Waals surface area contributed by atoms with E-state index in [1.54, 1.807) is 19.2 Å². The zero-order valence-corrected chi connectivity index (χ0v) is 23.8. The molecule has 2 aromatic carbocycles. The molecule has 0 aliphatic heterocycles. The van der Waals surface area contributed by atoms with Crippen molar-refractivity contribution in [1.29, 1.82) is 0 Å². The minimum Gasteiger partial charge on any atom is -0.496 e. The van der Waals surface area contributed by atoms with Crippen molar-refractivity contribution in [2.75, 3.05) is 20.8 Å². The number of carbonyl (C=O) groups is 3. The van der Waals surface area contributed by atoms with Crippen molar-refractivity contribution in [2.45, 2.75) is 66.0 Å². The summed E-state index contributed by atoms with van der Waals surface area (Å²) in [5.74, 6) is -0.883. The van der Waals surface area contributed by atoms with Gasteiger partial charge in [-0.2, -0.15) is 0 Å². The molecule has 3 aromatic rings. The second-order valence-corrected chi connectivity index (χ2v) is 9.66. The van der Waals surface area contributed by atoms with Crippen molar-refractivity contribution >= 4 is 28.7 Å². The summed E-state index contributed by atoms with van der Waals surface area (Å²) in [6, 6.07) is 11.3. The summed E-state index contributed by atoms with van der Waals surface area (Å²) in [6.45, 7) is 8.85. The first kappa shape index (κ1) is 29.7. The van der Waals surface area contributed by atoms with Crippen molar-refractivity contribution in [3.8, 4) is 5.75 Å². The molecule has 1 aromatic heterocycles. The molecular weight excluding hydrogens is 496 g/mol. The molecule has 0 fully saturated rings. The van der Waals surface area contributed by atoms with Crippen LogP contribution in [0.1, 0.15) is 80.1 Å². The zero-order valence-electron chi connectivity index (χ0n) is 23.8. The molecule has 0 saturated heterocycles. The fraction of sp³-hybridized carbons (Fsp3) is 0.452. The third kappa shape index (κ3) is 6.99. The summed E-state index contributed by atoms with van der Waals surface area (Å²) >= 11 is 0. The summed E-state index contributed by atoms with van der Waals surface area (Å²) in [5.41, 5.74) is 4.25. The molecule has 0 bridgehead atoms. The van der Waals surface area contributed by atoms with Gasteiger partial charge >= 0.3 is 11.9 Å². The molecule has 1 amide bonds. The minimum absolute atomic E-state index is 0.120. The molecular formula is C31H40N2O6. The number of hydrogen-bond donors (Lipinski definition) is 1. The van der Waals surface area contributed by atoms with E-state index in [4.69, 9.17) is 14.2 Å². The zero-order chi connectivity index (χ0) is 28.5. The third-order valence-electron chi connectivity index (χ3n) is 6.85. The summed E-state index contributed by atoms with van der Waals surface area (Å²) in [6.07, 6.45) is 4.31. The van der Waals surface area contributed by atoms with Crippen molar-refractivity contribution in [3.05, 3.63) is 64.8 Å². The molecule has 1 N–H and O–H groups in total. The highest BCUT2D eigenvalue weighted by Crippen LogP contribution is 2.34. The number of rotatable bonds is 13. The average Bonchev–Trinajstić information content (AvgIpc) is 3.27. The molecule has 210 valence electrons. The van der Waals surface area contributed by atoms with Crippen molar-refractivity contribution < 1.29 is 28.6 Å². The van der Waals surface area contributed by atoms with Gasteiger partial charge in [0.2, 0.25) is 5.91 Å². The Bertz CT molecular complexity index is 1310. The molecule has 2 atom stereocenters. The van der Waals surface area contributed by atoms with E-state index in [-0.39, 0.29) is 5.91 Å². The number of benzene rings is 2. The van der Waals surface area contributed by atoms with E-state index in [0.29, 0.717) is 30.7 Å². The van der Waals surface area contributed by atoms with Crippen LogP contribution in [0.2, 0.25) is 0 Å². The second-order valence-electron chi connectivity index (χ2n) is 9.66.